The first kappa shape index (κ1) is 10.2. The summed E-state index contributed by atoms with van der Waals surface area (Å²) in [5.41, 5.74) is -0.201. The zero-order chi connectivity index (χ0) is 11.7. The summed E-state index contributed by atoms with van der Waals surface area (Å²) in [6.45, 7) is -0.469. The first-order chi connectivity index (χ1) is 7.63. The minimum absolute atomic E-state index is 0.302. The van der Waals surface area contributed by atoms with Crippen molar-refractivity contribution < 1.29 is 14.6 Å². The number of aromatic nitrogens is 3. The maximum absolute atomic E-state index is 11.7. The molecule has 2 aromatic heterocycles. The topological polar surface area (TPSA) is 85.8 Å². The van der Waals surface area contributed by atoms with E-state index in [-0.39, 0.29) is 0 Å². The molecule has 0 spiro atoms. The van der Waals surface area contributed by atoms with Crippen LogP contribution in [0.2, 0.25) is 0 Å². The van der Waals surface area contributed by atoms with Crippen molar-refractivity contribution in [2.45, 2.75) is 6.54 Å². The highest BCUT2D eigenvalue weighted by atomic mass is 16.5. The van der Waals surface area contributed by atoms with Crippen LogP contribution in [0, 0.1) is 0 Å². The van der Waals surface area contributed by atoms with Gasteiger partial charge in [0.05, 0.1) is 7.11 Å². The summed E-state index contributed by atoms with van der Waals surface area (Å²) in [7, 11) is 1.45. The van der Waals surface area contributed by atoms with E-state index >= 15 is 0 Å². The van der Waals surface area contributed by atoms with Crippen molar-refractivity contribution in [3.63, 3.8) is 0 Å². The molecule has 16 heavy (non-hydrogen) atoms. The van der Waals surface area contributed by atoms with E-state index in [1.807, 2.05) is 0 Å². The normalized spacial score (nSPS) is 10.6. The van der Waals surface area contributed by atoms with E-state index in [0.717, 1.165) is 4.68 Å². The zero-order valence-electron chi connectivity index (χ0n) is 8.45. The fourth-order valence-corrected chi connectivity index (χ4v) is 1.40. The molecule has 0 fully saturated rings. The Morgan fingerprint density at radius 3 is 3.00 bits per heavy atom. The third-order valence-corrected chi connectivity index (χ3v) is 2.08. The number of methoxy groups -OCH3 is 1. The van der Waals surface area contributed by atoms with Crippen LogP contribution >= 0.6 is 0 Å². The third kappa shape index (κ3) is 1.52. The Labute approximate surface area is 89.5 Å². The van der Waals surface area contributed by atoms with Crippen LogP contribution in [0.15, 0.2) is 23.1 Å². The number of hydrogen-bond donors (Lipinski definition) is 1. The van der Waals surface area contributed by atoms with Crippen LogP contribution in [-0.2, 0) is 11.3 Å². The van der Waals surface area contributed by atoms with Gasteiger partial charge in [-0.25, -0.2) is 13.9 Å². The number of ether oxygens (including phenoxy) is 1. The fourth-order valence-electron chi connectivity index (χ4n) is 1.40. The third-order valence-electron chi connectivity index (χ3n) is 2.08. The van der Waals surface area contributed by atoms with Crippen molar-refractivity contribution in [2.75, 3.05) is 7.11 Å². The molecule has 2 heterocycles. The van der Waals surface area contributed by atoms with Crippen LogP contribution in [0.3, 0.4) is 0 Å². The van der Waals surface area contributed by atoms with Crippen LogP contribution in [0.5, 0.6) is 5.75 Å². The molecule has 2 aromatic rings. The van der Waals surface area contributed by atoms with Crippen LogP contribution in [0.1, 0.15) is 0 Å². The summed E-state index contributed by atoms with van der Waals surface area (Å²) < 4.78 is 7.13. The first-order valence-corrected chi connectivity index (χ1v) is 4.47. The van der Waals surface area contributed by atoms with Gasteiger partial charge < -0.3 is 9.84 Å². The zero-order valence-corrected chi connectivity index (χ0v) is 8.45. The van der Waals surface area contributed by atoms with Gasteiger partial charge in [-0.2, -0.15) is 0 Å². The van der Waals surface area contributed by atoms with Crippen molar-refractivity contribution in [1.29, 1.82) is 0 Å². The number of rotatable bonds is 3. The Balaban J connectivity index is 2.67. The van der Waals surface area contributed by atoms with Gasteiger partial charge in [0.2, 0.25) is 5.65 Å². The van der Waals surface area contributed by atoms with Crippen molar-refractivity contribution in [3.8, 4) is 5.75 Å². The van der Waals surface area contributed by atoms with Crippen LogP contribution in [-0.4, -0.2) is 32.4 Å². The number of nitrogens with zero attached hydrogens (tertiary/aromatic N) is 3. The molecule has 7 heteroatoms. The molecule has 0 atom stereocenters. The van der Waals surface area contributed by atoms with E-state index < -0.39 is 18.2 Å². The highest BCUT2D eigenvalue weighted by molar-refractivity contribution is 5.66. The molecule has 2 rings (SSSR count). The Morgan fingerprint density at radius 2 is 2.38 bits per heavy atom. The molecular weight excluding hydrogens is 214 g/mol. The summed E-state index contributed by atoms with van der Waals surface area (Å²) in [6.07, 6.45) is 1.51. The molecule has 0 aliphatic rings. The van der Waals surface area contributed by atoms with Crippen molar-refractivity contribution in [2.24, 2.45) is 0 Å². The number of carboxylic acids is 1. The van der Waals surface area contributed by atoms with Gasteiger partial charge in [-0.05, 0) is 12.1 Å². The number of hydrogen-bond acceptors (Lipinski definition) is 4. The van der Waals surface area contributed by atoms with E-state index in [2.05, 4.69) is 5.10 Å². The smallest absolute Gasteiger partial charge is 0.350 e. The van der Waals surface area contributed by atoms with Crippen molar-refractivity contribution in [3.05, 3.63) is 28.8 Å². The number of aliphatic carboxylic acids is 1. The lowest BCUT2D eigenvalue weighted by molar-refractivity contribution is -0.137. The van der Waals surface area contributed by atoms with E-state index in [0.29, 0.717) is 11.4 Å². The lowest BCUT2D eigenvalue weighted by Gasteiger charge is -1.98. The SMILES string of the molecule is COc1cccn2c(=O)n(CC(=O)O)nc12. The lowest BCUT2D eigenvalue weighted by Crippen LogP contribution is -2.24. The molecule has 0 unspecified atom stereocenters. The highest BCUT2D eigenvalue weighted by Crippen LogP contribution is 2.14. The Hall–Kier alpha value is -2.31. The van der Waals surface area contributed by atoms with Gasteiger partial charge in [-0.1, -0.05) is 0 Å². The Bertz CT molecular complexity index is 598. The minimum Gasteiger partial charge on any atom is -0.493 e. The summed E-state index contributed by atoms with van der Waals surface area (Å²) in [5.74, 6) is -0.701. The lowest BCUT2D eigenvalue weighted by atomic mass is 10.4. The molecular formula is C9H9N3O4. The summed E-state index contributed by atoms with van der Waals surface area (Å²) in [4.78, 5) is 22.2. The first-order valence-electron chi connectivity index (χ1n) is 4.47. The van der Waals surface area contributed by atoms with Gasteiger partial charge in [-0.3, -0.25) is 4.79 Å². The molecule has 0 saturated carbocycles. The maximum atomic E-state index is 11.7. The molecule has 0 aliphatic carbocycles. The number of carboxylic acid groups (broad SMARTS) is 1. The van der Waals surface area contributed by atoms with Gasteiger partial charge in [0.25, 0.3) is 0 Å². The molecule has 0 amide bonds. The Kier molecular flexibility index (Phi) is 2.35. The standard InChI is InChI=1S/C9H9N3O4/c1-16-6-3-2-4-11-8(6)10-12(9(11)15)5-7(13)14/h2-4H,5H2,1H3,(H,13,14). The van der Waals surface area contributed by atoms with E-state index in [9.17, 15) is 9.59 Å². The van der Waals surface area contributed by atoms with Crippen molar-refractivity contribution in [1.82, 2.24) is 14.2 Å². The van der Waals surface area contributed by atoms with E-state index in [1.54, 1.807) is 12.1 Å². The minimum atomic E-state index is -1.12. The number of fused-ring (bicyclic) bond motifs is 1. The van der Waals surface area contributed by atoms with Gasteiger partial charge in [0, 0.05) is 6.20 Å². The van der Waals surface area contributed by atoms with Crippen LogP contribution in [0.25, 0.3) is 5.65 Å². The van der Waals surface area contributed by atoms with Gasteiger partial charge in [0.1, 0.15) is 6.54 Å². The second-order valence-corrected chi connectivity index (χ2v) is 3.10. The predicted octanol–water partition coefficient (Wildman–Crippen LogP) is -0.411. The van der Waals surface area contributed by atoms with Gasteiger partial charge >= 0.3 is 11.7 Å². The van der Waals surface area contributed by atoms with E-state index in [1.165, 1.54) is 17.7 Å². The summed E-state index contributed by atoms with van der Waals surface area (Å²) >= 11 is 0. The molecule has 0 aromatic carbocycles. The molecule has 0 bridgehead atoms. The van der Waals surface area contributed by atoms with E-state index in [4.69, 9.17) is 9.84 Å². The predicted molar refractivity (Wildman–Crippen MR) is 53.6 cm³/mol. The molecule has 0 aliphatic heterocycles. The fraction of sp³-hybridized carbons (Fsp3) is 0.222. The highest BCUT2D eigenvalue weighted by Gasteiger charge is 2.12. The quantitative estimate of drug-likeness (QED) is 0.764. The largest absolute Gasteiger partial charge is 0.493 e. The van der Waals surface area contributed by atoms with Crippen LogP contribution in [0.4, 0.5) is 0 Å². The van der Waals surface area contributed by atoms with Crippen molar-refractivity contribution >= 4 is 11.6 Å². The summed E-state index contributed by atoms with van der Waals surface area (Å²) in [6, 6.07) is 3.27. The molecule has 0 saturated heterocycles. The number of carbonyl (C=O) groups is 1. The molecule has 84 valence electrons. The number of pyridine rings is 1. The van der Waals surface area contributed by atoms with Crippen LogP contribution < -0.4 is 10.4 Å². The Morgan fingerprint density at radius 1 is 1.62 bits per heavy atom. The second-order valence-electron chi connectivity index (χ2n) is 3.10. The maximum Gasteiger partial charge on any atom is 0.350 e. The summed E-state index contributed by atoms with van der Waals surface area (Å²) in [5, 5.41) is 12.5. The van der Waals surface area contributed by atoms with Gasteiger partial charge in [0.15, 0.2) is 5.75 Å². The van der Waals surface area contributed by atoms with Gasteiger partial charge in [-0.15, -0.1) is 5.10 Å². The average Bonchev–Trinajstić information content (AvgIpc) is 2.55. The molecule has 1 N–H and O–H groups in total. The molecule has 7 nitrogen and oxygen atoms in total. The average molecular weight is 223 g/mol. The monoisotopic (exact) mass is 223 g/mol. The molecule has 0 radical (unpaired) electrons. The second kappa shape index (κ2) is 3.69.